The first kappa shape index (κ1) is 10.3. The van der Waals surface area contributed by atoms with Gasteiger partial charge in [-0.05, 0) is 6.92 Å². The van der Waals surface area contributed by atoms with Crippen LogP contribution in [0.1, 0.15) is 11.3 Å². The van der Waals surface area contributed by atoms with Crippen LogP contribution in [0.25, 0.3) is 0 Å². The number of morpholine rings is 1. The average Bonchev–Trinajstić information content (AvgIpc) is 2.30. The molecule has 1 aromatic rings. The van der Waals surface area contributed by atoms with E-state index in [9.17, 15) is 0 Å². The largest absolute Gasteiger partial charge is 0.392 e. The van der Waals surface area contributed by atoms with E-state index in [4.69, 9.17) is 9.84 Å². The smallest absolute Gasteiger partial charge is 0.225 e. The average molecular weight is 209 g/mol. The molecule has 1 aliphatic rings. The molecule has 1 saturated heterocycles. The first-order valence-corrected chi connectivity index (χ1v) is 5.07. The molecule has 0 aromatic carbocycles. The molecule has 0 aliphatic carbocycles. The summed E-state index contributed by atoms with van der Waals surface area (Å²) in [7, 11) is 0. The van der Waals surface area contributed by atoms with Crippen LogP contribution in [-0.2, 0) is 11.3 Å². The van der Waals surface area contributed by atoms with Crippen LogP contribution in [0.4, 0.5) is 5.95 Å². The highest BCUT2D eigenvalue weighted by Crippen LogP contribution is 2.12. The Balaban J connectivity index is 2.17. The third-order valence-corrected chi connectivity index (χ3v) is 2.53. The van der Waals surface area contributed by atoms with Gasteiger partial charge in [0, 0.05) is 30.5 Å². The van der Waals surface area contributed by atoms with E-state index in [1.54, 1.807) is 6.20 Å². The predicted octanol–water partition coefficient (Wildman–Crippen LogP) is 0.114. The van der Waals surface area contributed by atoms with Crippen molar-refractivity contribution in [3.63, 3.8) is 0 Å². The van der Waals surface area contributed by atoms with Gasteiger partial charge in [-0.2, -0.15) is 0 Å². The maximum absolute atomic E-state index is 9.01. The van der Waals surface area contributed by atoms with Crippen molar-refractivity contribution in [2.45, 2.75) is 13.5 Å². The van der Waals surface area contributed by atoms with Gasteiger partial charge in [-0.15, -0.1) is 0 Å². The highest BCUT2D eigenvalue weighted by molar-refractivity contribution is 5.33. The lowest BCUT2D eigenvalue weighted by Crippen LogP contribution is -2.37. The van der Waals surface area contributed by atoms with Gasteiger partial charge in [0.25, 0.3) is 0 Å². The van der Waals surface area contributed by atoms with Crippen molar-refractivity contribution in [1.82, 2.24) is 9.97 Å². The van der Waals surface area contributed by atoms with Crippen LogP contribution in [0.15, 0.2) is 6.20 Å². The van der Waals surface area contributed by atoms with Crippen molar-refractivity contribution in [2.24, 2.45) is 0 Å². The molecule has 82 valence electrons. The fourth-order valence-corrected chi connectivity index (χ4v) is 1.55. The van der Waals surface area contributed by atoms with E-state index < -0.39 is 0 Å². The lowest BCUT2D eigenvalue weighted by molar-refractivity contribution is 0.122. The van der Waals surface area contributed by atoms with E-state index in [1.807, 2.05) is 6.92 Å². The number of anilines is 1. The molecule has 1 aliphatic heterocycles. The van der Waals surface area contributed by atoms with Crippen LogP contribution in [-0.4, -0.2) is 41.4 Å². The maximum Gasteiger partial charge on any atom is 0.225 e. The zero-order chi connectivity index (χ0) is 10.7. The standard InChI is InChI=1S/C10H15N3O2/c1-8-9(7-14)6-11-10(12-8)13-2-4-15-5-3-13/h6,14H,2-5,7H2,1H3. The summed E-state index contributed by atoms with van der Waals surface area (Å²) in [5.41, 5.74) is 1.63. The summed E-state index contributed by atoms with van der Waals surface area (Å²) >= 11 is 0. The summed E-state index contributed by atoms with van der Waals surface area (Å²) in [6.07, 6.45) is 1.69. The second-order valence-electron chi connectivity index (χ2n) is 3.54. The monoisotopic (exact) mass is 209 g/mol. The second kappa shape index (κ2) is 4.55. The molecule has 2 heterocycles. The van der Waals surface area contributed by atoms with Gasteiger partial charge in [-0.25, -0.2) is 9.97 Å². The Morgan fingerprint density at radius 2 is 2.20 bits per heavy atom. The quantitative estimate of drug-likeness (QED) is 0.749. The Kier molecular flexibility index (Phi) is 3.13. The first-order valence-electron chi connectivity index (χ1n) is 5.07. The van der Waals surface area contributed by atoms with E-state index >= 15 is 0 Å². The van der Waals surface area contributed by atoms with Gasteiger partial charge < -0.3 is 14.7 Å². The number of aryl methyl sites for hydroxylation is 1. The fourth-order valence-electron chi connectivity index (χ4n) is 1.55. The minimum atomic E-state index is -0.00474. The van der Waals surface area contributed by atoms with Crippen LogP contribution in [0.5, 0.6) is 0 Å². The number of hydrogen-bond donors (Lipinski definition) is 1. The van der Waals surface area contributed by atoms with Crippen LogP contribution in [0, 0.1) is 6.92 Å². The van der Waals surface area contributed by atoms with Crippen molar-refractivity contribution in [3.05, 3.63) is 17.5 Å². The Bertz CT molecular complexity index is 337. The van der Waals surface area contributed by atoms with Gasteiger partial charge in [0.05, 0.1) is 19.8 Å². The Morgan fingerprint density at radius 3 is 2.80 bits per heavy atom. The van der Waals surface area contributed by atoms with Gasteiger partial charge in [-0.1, -0.05) is 0 Å². The lowest BCUT2D eigenvalue weighted by Gasteiger charge is -2.26. The zero-order valence-electron chi connectivity index (χ0n) is 8.81. The summed E-state index contributed by atoms with van der Waals surface area (Å²) in [5.74, 6) is 0.730. The second-order valence-corrected chi connectivity index (χ2v) is 3.54. The van der Waals surface area contributed by atoms with E-state index in [0.29, 0.717) is 0 Å². The topological polar surface area (TPSA) is 58.5 Å². The van der Waals surface area contributed by atoms with Crippen molar-refractivity contribution < 1.29 is 9.84 Å². The number of rotatable bonds is 2. The molecule has 0 unspecified atom stereocenters. The van der Waals surface area contributed by atoms with Gasteiger partial charge in [0.1, 0.15) is 0 Å². The summed E-state index contributed by atoms with van der Waals surface area (Å²) < 4.78 is 5.26. The third-order valence-electron chi connectivity index (χ3n) is 2.53. The minimum absolute atomic E-state index is 0.00474. The van der Waals surface area contributed by atoms with Crippen molar-refractivity contribution >= 4 is 5.95 Å². The molecule has 5 nitrogen and oxygen atoms in total. The normalized spacial score (nSPS) is 16.8. The summed E-state index contributed by atoms with van der Waals surface area (Å²) in [6.45, 7) is 5.00. The Hall–Kier alpha value is -1.20. The highest BCUT2D eigenvalue weighted by atomic mass is 16.5. The molecule has 0 radical (unpaired) electrons. The molecule has 0 atom stereocenters. The SMILES string of the molecule is Cc1nc(N2CCOCC2)ncc1CO. The van der Waals surface area contributed by atoms with Crippen LogP contribution in [0.3, 0.4) is 0 Å². The zero-order valence-corrected chi connectivity index (χ0v) is 8.81. The van der Waals surface area contributed by atoms with E-state index in [2.05, 4.69) is 14.9 Å². The molecule has 1 N–H and O–H groups in total. The first-order chi connectivity index (χ1) is 7.31. The highest BCUT2D eigenvalue weighted by Gasteiger charge is 2.14. The van der Waals surface area contributed by atoms with Crippen LogP contribution >= 0.6 is 0 Å². The summed E-state index contributed by atoms with van der Waals surface area (Å²) in [5, 5.41) is 9.01. The van der Waals surface area contributed by atoms with Gasteiger partial charge >= 0.3 is 0 Å². The molecule has 0 spiro atoms. The Morgan fingerprint density at radius 1 is 1.47 bits per heavy atom. The number of aliphatic hydroxyl groups excluding tert-OH is 1. The molecule has 15 heavy (non-hydrogen) atoms. The maximum atomic E-state index is 9.01. The molecular weight excluding hydrogens is 194 g/mol. The van der Waals surface area contributed by atoms with Crippen molar-refractivity contribution in [1.29, 1.82) is 0 Å². The van der Waals surface area contributed by atoms with Gasteiger partial charge in [0.2, 0.25) is 5.95 Å². The number of aliphatic hydroxyl groups is 1. The number of aromatic nitrogens is 2. The van der Waals surface area contributed by atoms with Crippen molar-refractivity contribution in [3.8, 4) is 0 Å². The molecular formula is C10H15N3O2. The number of nitrogens with zero attached hydrogens (tertiary/aromatic N) is 3. The molecule has 0 amide bonds. The molecule has 1 fully saturated rings. The molecule has 5 heteroatoms. The number of hydrogen-bond acceptors (Lipinski definition) is 5. The molecule has 2 rings (SSSR count). The van der Waals surface area contributed by atoms with E-state index in [1.165, 1.54) is 0 Å². The summed E-state index contributed by atoms with van der Waals surface area (Å²) in [4.78, 5) is 10.7. The third kappa shape index (κ3) is 2.24. The minimum Gasteiger partial charge on any atom is -0.392 e. The van der Waals surface area contributed by atoms with Gasteiger partial charge in [0.15, 0.2) is 0 Å². The number of ether oxygens (including phenoxy) is 1. The Labute approximate surface area is 88.7 Å². The van der Waals surface area contributed by atoms with Crippen LogP contribution < -0.4 is 4.90 Å². The predicted molar refractivity (Wildman–Crippen MR) is 55.7 cm³/mol. The van der Waals surface area contributed by atoms with Crippen LogP contribution in [0.2, 0.25) is 0 Å². The molecule has 0 saturated carbocycles. The summed E-state index contributed by atoms with van der Waals surface area (Å²) in [6, 6.07) is 0. The van der Waals surface area contributed by atoms with Gasteiger partial charge in [-0.3, -0.25) is 0 Å². The van der Waals surface area contributed by atoms with Crippen molar-refractivity contribution in [2.75, 3.05) is 31.2 Å². The molecule has 1 aromatic heterocycles. The molecule has 0 bridgehead atoms. The van der Waals surface area contributed by atoms with E-state index in [-0.39, 0.29) is 6.61 Å². The van der Waals surface area contributed by atoms with E-state index in [0.717, 1.165) is 43.5 Å². The lowest BCUT2D eigenvalue weighted by atomic mass is 10.2. The fraction of sp³-hybridized carbons (Fsp3) is 0.600.